The standard InChI is InChI=1S/C29H31NO2/c1-19-28(2,3)25-17-10-21(18-26(25)29(19,4)5)7-6-20-8-11-22(12-9-20)27(32)30-23-13-15-24(31)16-14-23/h6-19,31H,1-5H3,(H,30,32)/b7-6+. The van der Waals surface area contributed by atoms with Crippen LogP contribution in [0.1, 0.15) is 67.2 Å². The Labute approximate surface area is 190 Å². The Bertz CT molecular complexity index is 1170. The van der Waals surface area contributed by atoms with Crippen molar-refractivity contribution in [3.8, 4) is 5.75 Å². The number of fused-ring (bicyclic) bond motifs is 1. The molecule has 3 nitrogen and oxygen atoms in total. The Hall–Kier alpha value is -3.33. The number of benzene rings is 3. The van der Waals surface area contributed by atoms with E-state index in [2.05, 4.69) is 70.3 Å². The number of anilines is 1. The predicted molar refractivity (Wildman–Crippen MR) is 133 cm³/mol. The van der Waals surface area contributed by atoms with Gasteiger partial charge < -0.3 is 10.4 Å². The number of phenols is 1. The van der Waals surface area contributed by atoms with Crippen LogP contribution in [0.3, 0.4) is 0 Å². The largest absolute Gasteiger partial charge is 0.508 e. The molecule has 1 amide bonds. The van der Waals surface area contributed by atoms with E-state index in [1.165, 1.54) is 16.7 Å². The Morgan fingerprint density at radius 2 is 1.38 bits per heavy atom. The highest BCUT2D eigenvalue weighted by atomic mass is 16.3. The molecule has 0 fully saturated rings. The van der Waals surface area contributed by atoms with Gasteiger partial charge >= 0.3 is 0 Å². The van der Waals surface area contributed by atoms with Crippen molar-refractivity contribution in [2.45, 2.75) is 45.4 Å². The SMILES string of the molecule is CC1C(C)(C)c2ccc(/C=C/c3ccc(C(=O)Nc4ccc(O)cc4)cc3)cc2C1(C)C. The molecule has 1 unspecified atom stereocenters. The average molecular weight is 426 g/mol. The monoisotopic (exact) mass is 425 g/mol. The van der Waals surface area contributed by atoms with Crippen LogP contribution < -0.4 is 5.32 Å². The van der Waals surface area contributed by atoms with E-state index in [1.807, 2.05) is 24.3 Å². The summed E-state index contributed by atoms with van der Waals surface area (Å²) in [4.78, 5) is 12.4. The summed E-state index contributed by atoms with van der Waals surface area (Å²) in [6, 6.07) is 20.8. The summed E-state index contributed by atoms with van der Waals surface area (Å²) in [5.41, 5.74) is 6.69. The number of nitrogens with one attached hydrogen (secondary N) is 1. The Morgan fingerprint density at radius 1 is 0.812 bits per heavy atom. The molecule has 1 atom stereocenters. The lowest BCUT2D eigenvalue weighted by molar-refractivity contribution is 0.102. The van der Waals surface area contributed by atoms with E-state index in [-0.39, 0.29) is 22.5 Å². The summed E-state index contributed by atoms with van der Waals surface area (Å²) in [7, 11) is 0. The van der Waals surface area contributed by atoms with Crippen LogP contribution in [0, 0.1) is 5.92 Å². The maximum absolute atomic E-state index is 12.4. The number of rotatable bonds is 4. The first-order chi connectivity index (χ1) is 15.1. The van der Waals surface area contributed by atoms with Gasteiger partial charge in [-0.25, -0.2) is 0 Å². The van der Waals surface area contributed by atoms with Crippen LogP contribution in [0.15, 0.2) is 66.7 Å². The molecular weight excluding hydrogens is 394 g/mol. The quantitative estimate of drug-likeness (QED) is 0.348. The minimum atomic E-state index is -0.177. The number of phenolic OH excluding ortho intramolecular Hbond substituents is 1. The highest BCUT2D eigenvalue weighted by molar-refractivity contribution is 6.04. The highest BCUT2D eigenvalue weighted by Crippen LogP contribution is 2.53. The maximum atomic E-state index is 12.4. The Kier molecular flexibility index (Phi) is 5.46. The molecule has 3 heteroatoms. The van der Waals surface area contributed by atoms with Crippen molar-refractivity contribution in [3.63, 3.8) is 0 Å². The van der Waals surface area contributed by atoms with Crippen molar-refractivity contribution in [1.82, 2.24) is 0 Å². The number of hydrogen-bond donors (Lipinski definition) is 2. The zero-order chi connectivity index (χ0) is 23.1. The zero-order valence-corrected chi connectivity index (χ0v) is 19.4. The maximum Gasteiger partial charge on any atom is 0.255 e. The molecule has 0 spiro atoms. The number of carbonyl (C=O) groups is 1. The molecule has 0 radical (unpaired) electrons. The summed E-state index contributed by atoms with van der Waals surface area (Å²) >= 11 is 0. The molecular formula is C29H31NO2. The minimum Gasteiger partial charge on any atom is -0.508 e. The number of carbonyl (C=O) groups excluding carboxylic acids is 1. The molecule has 0 aliphatic heterocycles. The molecule has 0 saturated heterocycles. The molecule has 0 bridgehead atoms. The van der Waals surface area contributed by atoms with E-state index < -0.39 is 0 Å². The van der Waals surface area contributed by atoms with Crippen molar-refractivity contribution in [1.29, 1.82) is 0 Å². The summed E-state index contributed by atoms with van der Waals surface area (Å²) in [6.07, 6.45) is 4.22. The second-order valence-corrected chi connectivity index (χ2v) is 9.93. The van der Waals surface area contributed by atoms with E-state index in [0.717, 1.165) is 5.56 Å². The fourth-order valence-corrected chi connectivity index (χ4v) is 4.82. The first kappa shape index (κ1) is 21.9. The first-order valence-corrected chi connectivity index (χ1v) is 11.1. The lowest BCUT2D eigenvalue weighted by Crippen LogP contribution is -2.30. The average Bonchev–Trinajstić information content (AvgIpc) is 2.91. The number of aromatic hydroxyl groups is 1. The molecule has 164 valence electrons. The fourth-order valence-electron chi connectivity index (χ4n) is 4.82. The van der Waals surface area contributed by atoms with Gasteiger partial charge in [-0.3, -0.25) is 4.79 Å². The summed E-state index contributed by atoms with van der Waals surface area (Å²) in [5, 5.41) is 12.2. The van der Waals surface area contributed by atoms with Crippen molar-refractivity contribution < 1.29 is 9.90 Å². The van der Waals surface area contributed by atoms with Crippen LogP contribution in [-0.2, 0) is 10.8 Å². The molecule has 2 N–H and O–H groups in total. The van der Waals surface area contributed by atoms with Gasteiger partial charge in [0.15, 0.2) is 0 Å². The van der Waals surface area contributed by atoms with Crippen LogP contribution in [0.2, 0.25) is 0 Å². The third kappa shape index (κ3) is 3.95. The molecule has 0 heterocycles. The topological polar surface area (TPSA) is 49.3 Å². The second-order valence-electron chi connectivity index (χ2n) is 9.93. The van der Waals surface area contributed by atoms with Crippen LogP contribution in [-0.4, -0.2) is 11.0 Å². The smallest absolute Gasteiger partial charge is 0.255 e. The van der Waals surface area contributed by atoms with E-state index in [1.54, 1.807) is 24.3 Å². The Morgan fingerprint density at radius 3 is 2.03 bits per heavy atom. The molecule has 1 aliphatic rings. The van der Waals surface area contributed by atoms with Gasteiger partial charge in [0.2, 0.25) is 0 Å². The van der Waals surface area contributed by atoms with Gasteiger partial charge in [-0.15, -0.1) is 0 Å². The summed E-state index contributed by atoms with van der Waals surface area (Å²) < 4.78 is 0. The molecule has 4 rings (SSSR count). The molecule has 3 aromatic rings. The normalized spacial score (nSPS) is 18.5. The van der Waals surface area contributed by atoms with Crippen LogP contribution >= 0.6 is 0 Å². The minimum absolute atomic E-state index is 0.148. The fraction of sp³-hybridized carbons (Fsp3) is 0.276. The van der Waals surface area contributed by atoms with Crippen molar-refractivity contribution in [2.75, 3.05) is 5.32 Å². The number of amides is 1. The van der Waals surface area contributed by atoms with Gasteiger partial charge in [0.05, 0.1) is 0 Å². The summed E-state index contributed by atoms with van der Waals surface area (Å²) in [5.74, 6) is 0.567. The molecule has 0 saturated carbocycles. The van der Waals surface area contributed by atoms with Gasteiger partial charge in [-0.05, 0) is 75.4 Å². The van der Waals surface area contributed by atoms with Crippen LogP contribution in [0.5, 0.6) is 5.75 Å². The second kappa shape index (κ2) is 7.98. The van der Waals surface area contributed by atoms with Crippen LogP contribution in [0.4, 0.5) is 5.69 Å². The molecule has 1 aliphatic carbocycles. The van der Waals surface area contributed by atoms with Crippen molar-refractivity contribution in [2.24, 2.45) is 5.92 Å². The lowest BCUT2D eigenvalue weighted by Gasteiger charge is -2.32. The molecule has 3 aromatic carbocycles. The van der Waals surface area contributed by atoms with Gasteiger partial charge in [0.1, 0.15) is 5.75 Å². The van der Waals surface area contributed by atoms with Gasteiger partial charge in [-0.2, -0.15) is 0 Å². The summed E-state index contributed by atoms with van der Waals surface area (Å²) in [6.45, 7) is 11.7. The number of hydrogen-bond acceptors (Lipinski definition) is 2. The van der Waals surface area contributed by atoms with E-state index >= 15 is 0 Å². The predicted octanol–water partition coefficient (Wildman–Crippen LogP) is 7.02. The van der Waals surface area contributed by atoms with Gasteiger partial charge in [0.25, 0.3) is 5.91 Å². The first-order valence-electron chi connectivity index (χ1n) is 11.1. The Balaban J connectivity index is 1.48. The third-order valence-corrected chi connectivity index (χ3v) is 7.36. The van der Waals surface area contributed by atoms with E-state index in [4.69, 9.17) is 0 Å². The van der Waals surface area contributed by atoms with Crippen LogP contribution in [0.25, 0.3) is 12.2 Å². The van der Waals surface area contributed by atoms with Crippen molar-refractivity contribution >= 4 is 23.7 Å². The zero-order valence-electron chi connectivity index (χ0n) is 19.4. The van der Waals surface area contributed by atoms with Gasteiger partial charge in [-0.1, -0.05) is 77.1 Å². The molecule has 0 aromatic heterocycles. The molecule has 32 heavy (non-hydrogen) atoms. The van der Waals surface area contributed by atoms with E-state index in [9.17, 15) is 9.90 Å². The highest BCUT2D eigenvalue weighted by Gasteiger charge is 2.48. The third-order valence-electron chi connectivity index (χ3n) is 7.36. The van der Waals surface area contributed by atoms with Crippen molar-refractivity contribution in [3.05, 3.63) is 94.5 Å². The lowest BCUT2D eigenvalue weighted by atomic mass is 9.71. The van der Waals surface area contributed by atoms with Gasteiger partial charge in [0, 0.05) is 11.3 Å². The van der Waals surface area contributed by atoms with E-state index in [0.29, 0.717) is 17.2 Å².